The third-order valence-corrected chi connectivity index (χ3v) is 6.82. The first-order valence-electron chi connectivity index (χ1n) is 10.8. The number of nitriles is 2. The second-order valence-corrected chi connectivity index (χ2v) is 9.93. The van der Waals surface area contributed by atoms with Crippen LogP contribution in [0, 0.1) is 28.6 Å². The van der Waals surface area contributed by atoms with Crippen LogP contribution in [0.1, 0.15) is 32.9 Å². The Kier molecular flexibility index (Phi) is 8.57. The number of hydrogen-bond donors (Lipinski definition) is 4. The first-order chi connectivity index (χ1) is 17.1. The van der Waals surface area contributed by atoms with Gasteiger partial charge in [0.1, 0.15) is 18.2 Å². The third kappa shape index (κ3) is 5.79. The number of nitrogens with zero attached hydrogens (tertiary/aromatic N) is 5. The van der Waals surface area contributed by atoms with Gasteiger partial charge in [-0.1, -0.05) is 13.8 Å². The van der Waals surface area contributed by atoms with Crippen LogP contribution < -0.4 is 10.9 Å². The third-order valence-electron chi connectivity index (χ3n) is 4.88. The van der Waals surface area contributed by atoms with Gasteiger partial charge in [0, 0.05) is 5.92 Å². The maximum atomic E-state index is 13.2. The fourth-order valence-corrected chi connectivity index (χ4v) is 4.58. The lowest BCUT2D eigenvalue weighted by Crippen LogP contribution is -2.24. The average molecular weight is 521 g/mol. The number of rotatable bonds is 11. The van der Waals surface area contributed by atoms with Crippen LogP contribution in [0.5, 0.6) is 0 Å². The van der Waals surface area contributed by atoms with Gasteiger partial charge >= 0.3 is 7.60 Å². The fourth-order valence-electron chi connectivity index (χ4n) is 3.07. The van der Waals surface area contributed by atoms with E-state index in [-0.39, 0.29) is 54.8 Å². The molecule has 0 fully saturated rings. The summed E-state index contributed by atoms with van der Waals surface area (Å²) in [6.45, 7) is 2.68. The molecular formula is C20H24N7O8P. The number of aliphatic hydroxyl groups excluding tert-OH is 2. The Balaban J connectivity index is 1.87. The monoisotopic (exact) mass is 521 g/mol. The molecule has 0 aliphatic carbocycles. The molecule has 1 aliphatic heterocycles. The van der Waals surface area contributed by atoms with Crippen molar-refractivity contribution in [2.75, 3.05) is 18.5 Å². The molecule has 36 heavy (non-hydrogen) atoms. The Bertz CT molecular complexity index is 1310. The van der Waals surface area contributed by atoms with E-state index in [0.717, 1.165) is 6.08 Å². The summed E-state index contributed by atoms with van der Waals surface area (Å²) in [5, 5.41) is 41.2. The summed E-state index contributed by atoms with van der Waals surface area (Å²) < 4.78 is 30.3. The molecule has 1 unspecified atom stereocenters. The number of ether oxygens (including phenoxy) is 1. The lowest BCUT2D eigenvalue weighted by Gasteiger charge is -2.24. The van der Waals surface area contributed by atoms with Crippen molar-refractivity contribution in [3.63, 3.8) is 0 Å². The molecule has 0 aromatic carbocycles. The van der Waals surface area contributed by atoms with Gasteiger partial charge in [-0.25, -0.2) is 4.98 Å². The van der Waals surface area contributed by atoms with Gasteiger partial charge in [-0.15, -0.1) is 0 Å². The number of anilines is 1. The zero-order chi connectivity index (χ0) is 26.5. The number of amides is 1. The molecule has 0 saturated carbocycles. The number of hydrogen-bond acceptors (Lipinski definition) is 12. The Hall–Kier alpha value is -3.59. The molecule has 192 valence electrons. The molecule has 3 rings (SSSR count). The predicted molar refractivity (Wildman–Crippen MR) is 122 cm³/mol. The van der Waals surface area contributed by atoms with Crippen LogP contribution in [0.3, 0.4) is 0 Å². The van der Waals surface area contributed by atoms with Gasteiger partial charge in [0.05, 0.1) is 38.2 Å². The minimum Gasteiger partial charge on any atom is -0.468 e. The molecule has 3 heterocycles. The summed E-state index contributed by atoms with van der Waals surface area (Å²) >= 11 is 0. The number of carbonyl (C=O) groups excluding carboxylic acids is 1. The van der Waals surface area contributed by atoms with Crippen LogP contribution in [0.15, 0.2) is 23.0 Å². The molecule has 15 nitrogen and oxygen atoms in total. The molecule has 0 saturated heterocycles. The molecule has 2 aromatic heterocycles. The second kappa shape index (κ2) is 11.4. The van der Waals surface area contributed by atoms with E-state index in [0.29, 0.717) is 0 Å². The van der Waals surface area contributed by atoms with Crippen molar-refractivity contribution in [1.82, 2.24) is 19.5 Å². The molecule has 0 bridgehead atoms. The number of fused-ring (bicyclic) bond motifs is 1. The van der Waals surface area contributed by atoms with Crippen LogP contribution in [0.2, 0.25) is 0 Å². The SMILES string of the molecule is CC(C)C(=O)Nc1nc2c(ncn2[C@@H]2OC(C(O)P(=O)(OCCC#N)OCCC#N)=C[C@H]2O)c(=O)[nH]1. The van der Waals surface area contributed by atoms with Gasteiger partial charge in [0.15, 0.2) is 11.2 Å². The largest absolute Gasteiger partial charge is 0.468 e. The minimum atomic E-state index is -4.33. The van der Waals surface area contributed by atoms with E-state index in [1.807, 2.05) is 0 Å². The standard InChI is InChI=1S/C20H24N7O8P/c1-11(2)16(29)25-20-24-15-14(17(30)26-20)23-10-27(15)18-12(28)9-13(35-18)19(31)36(32,33-7-3-5-21)34-8-4-6-22/h9-12,18-19,28,31H,3-4,7-8H2,1-2H3,(H2,24,25,26,29,30)/t12-,18-,19?/m1/s1. The number of imidazole rings is 1. The molecule has 3 atom stereocenters. The van der Waals surface area contributed by atoms with Gasteiger partial charge in [-0.3, -0.25) is 29.0 Å². The summed E-state index contributed by atoms with van der Waals surface area (Å²) in [7, 11) is -4.33. The summed E-state index contributed by atoms with van der Waals surface area (Å²) in [5.41, 5.74) is -0.794. The van der Waals surface area contributed by atoms with Crippen molar-refractivity contribution in [3.05, 3.63) is 28.5 Å². The van der Waals surface area contributed by atoms with Gasteiger partial charge in [0.25, 0.3) is 5.56 Å². The molecule has 4 N–H and O–H groups in total. The van der Waals surface area contributed by atoms with Gasteiger partial charge in [-0.05, 0) is 6.08 Å². The summed E-state index contributed by atoms with van der Waals surface area (Å²) in [6.07, 6.45) is -0.725. The lowest BCUT2D eigenvalue weighted by atomic mass is 10.2. The van der Waals surface area contributed by atoms with E-state index in [4.69, 9.17) is 24.3 Å². The van der Waals surface area contributed by atoms with Crippen LogP contribution in [0.4, 0.5) is 5.95 Å². The van der Waals surface area contributed by atoms with Crippen molar-refractivity contribution < 1.29 is 33.4 Å². The topological polar surface area (TPSA) is 225 Å². The zero-order valence-electron chi connectivity index (χ0n) is 19.3. The quantitative estimate of drug-likeness (QED) is 0.238. The number of aliphatic hydroxyl groups is 2. The summed E-state index contributed by atoms with van der Waals surface area (Å²) in [5.74, 6) is -3.26. The Morgan fingerprint density at radius 2 is 1.97 bits per heavy atom. The summed E-state index contributed by atoms with van der Waals surface area (Å²) in [6, 6.07) is 3.60. The van der Waals surface area contributed by atoms with Gasteiger partial charge in [-0.2, -0.15) is 15.5 Å². The van der Waals surface area contributed by atoms with Gasteiger partial charge < -0.3 is 24.0 Å². The molecule has 2 aromatic rings. The average Bonchev–Trinajstić information content (AvgIpc) is 3.42. The number of aromatic amines is 1. The molecule has 1 aliphatic rings. The molecule has 0 spiro atoms. The minimum absolute atomic E-state index is 0.0373. The lowest BCUT2D eigenvalue weighted by molar-refractivity contribution is -0.118. The Morgan fingerprint density at radius 3 is 2.56 bits per heavy atom. The highest BCUT2D eigenvalue weighted by molar-refractivity contribution is 7.54. The van der Waals surface area contributed by atoms with E-state index in [9.17, 15) is 24.4 Å². The van der Waals surface area contributed by atoms with Crippen molar-refractivity contribution in [2.24, 2.45) is 5.92 Å². The maximum Gasteiger partial charge on any atom is 0.366 e. The second-order valence-electron chi connectivity index (χ2n) is 7.85. The Morgan fingerprint density at radius 1 is 1.33 bits per heavy atom. The first kappa shape index (κ1) is 27.0. The highest BCUT2D eigenvalue weighted by atomic mass is 31.2. The maximum absolute atomic E-state index is 13.2. The van der Waals surface area contributed by atoms with Crippen LogP contribution in [-0.2, 0) is 23.1 Å². The zero-order valence-corrected chi connectivity index (χ0v) is 20.2. The van der Waals surface area contributed by atoms with E-state index in [1.165, 1.54) is 10.9 Å². The molecule has 16 heteroatoms. The smallest absolute Gasteiger partial charge is 0.366 e. The van der Waals surface area contributed by atoms with Crippen molar-refractivity contribution >= 4 is 30.6 Å². The van der Waals surface area contributed by atoms with Gasteiger partial charge in [0.2, 0.25) is 23.9 Å². The summed E-state index contributed by atoms with van der Waals surface area (Å²) in [4.78, 5) is 35.0. The number of aromatic nitrogens is 4. The number of H-pyrrole nitrogens is 1. The highest BCUT2D eigenvalue weighted by Gasteiger charge is 2.44. The van der Waals surface area contributed by atoms with E-state index in [2.05, 4.69) is 20.3 Å². The van der Waals surface area contributed by atoms with Crippen LogP contribution in [0.25, 0.3) is 11.2 Å². The van der Waals surface area contributed by atoms with Crippen molar-refractivity contribution in [3.8, 4) is 12.1 Å². The predicted octanol–water partition coefficient (Wildman–Crippen LogP) is 0.860. The van der Waals surface area contributed by atoms with Crippen molar-refractivity contribution in [2.45, 2.75) is 44.9 Å². The highest BCUT2D eigenvalue weighted by Crippen LogP contribution is 2.56. The van der Waals surface area contributed by atoms with Crippen LogP contribution >= 0.6 is 7.60 Å². The van der Waals surface area contributed by atoms with Crippen molar-refractivity contribution in [1.29, 1.82) is 10.5 Å². The van der Waals surface area contributed by atoms with E-state index >= 15 is 0 Å². The van der Waals surface area contributed by atoms with E-state index in [1.54, 1.807) is 26.0 Å². The van der Waals surface area contributed by atoms with E-state index < -0.39 is 37.2 Å². The fraction of sp³-hybridized carbons (Fsp3) is 0.500. The first-order valence-corrected chi connectivity index (χ1v) is 12.4. The molecular weight excluding hydrogens is 497 g/mol. The number of carbonyl (C=O) groups is 1. The molecule has 0 radical (unpaired) electrons. The molecule has 1 amide bonds. The Labute approximate surface area is 204 Å². The normalized spacial score (nSPS) is 18.4. The van der Waals surface area contributed by atoms with Crippen LogP contribution in [-0.4, -0.2) is 60.8 Å². The number of nitrogens with one attached hydrogen (secondary N) is 2.